The number of cyclic esters (lactones) is 1. The second-order valence-corrected chi connectivity index (χ2v) is 18.5. The molecule has 19 atom stereocenters. The van der Waals surface area contributed by atoms with Gasteiger partial charge in [0, 0.05) is 43.4 Å². The van der Waals surface area contributed by atoms with E-state index < -0.39 is 154 Å². The molecule has 19 nitrogen and oxygen atoms in total. The lowest BCUT2D eigenvalue weighted by atomic mass is 9.83. The van der Waals surface area contributed by atoms with Crippen LogP contribution >= 0.6 is 0 Å². The highest BCUT2D eigenvalue weighted by molar-refractivity contribution is 5.70. The van der Waals surface area contributed by atoms with Crippen LogP contribution in [0.3, 0.4) is 0 Å². The van der Waals surface area contributed by atoms with E-state index in [0.29, 0.717) is 0 Å². The van der Waals surface area contributed by atoms with Crippen molar-refractivity contribution in [2.24, 2.45) is 17.8 Å². The van der Waals surface area contributed by atoms with E-state index in [0.717, 1.165) is 0 Å². The fourth-order valence-corrected chi connectivity index (χ4v) is 8.40. The second-order valence-electron chi connectivity index (χ2n) is 18.5. The van der Waals surface area contributed by atoms with Crippen molar-refractivity contribution in [2.45, 2.75) is 177 Å². The Bertz CT molecular complexity index is 1780. The van der Waals surface area contributed by atoms with Crippen LogP contribution in [0.25, 0.3) is 0 Å². The topological polar surface area (TPSA) is 315 Å². The lowest BCUT2D eigenvalue weighted by molar-refractivity contribution is -0.313. The first kappa shape index (κ1) is 60.4. The highest BCUT2D eigenvalue weighted by atomic mass is 16.7. The van der Waals surface area contributed by atoms with Gasteiger partial charge in [0.15, 0.2) is 12.1 Å². The summed E-state index contributed by atoms with van der Waals surface area (Å²) in [6.45, 7) is 9.50. The van der Waals surface area contributed by atoms with Crippen molar-refractivity contribution in [2.75, 3.05) is 13.2 Å². The molecule has 0 spiro atoms. The molecular formula is C51H79NO18. The third-order valence-corrected chi connectivity index (χ3v) is 12.7. The minimum Gasteiger partial charge on any atom is -0.462 e. The number of hydrogen-bond acceptors (Lipinski definition) is 18. The highest BCUT2D eigenvalue weighted by Crippen LogP contribution is 2.38. The molecule has 2 saturated heterocycles. The van der Waals surface area contributed by atoms with Crippen LogP contribution in [0.15, 0.2) is 97.7 Å². The fourth-order valence-electron chi connectivity index (χ4n) is 8.40. The Morgan fingerprint density at radius 2 is 1.33 bits per heavy atom. The molecule has 1 amide bonds. The Morgan fingerprint density at radius 3 is 1.93 bits per heavy atom. The normalized spacial score (nSPS) is 42.9. The van der Waals surface area contributed by atoms with E-state index >= 15 is 0 Å². The first-order valence-corrected chi connectivity index (χ1v) is 24.0. The molecule has 0 aromatic carbocycles. The molecule has 0 aliphatic carbocycles. The molecule has 3 aliphatic rings. The standard InChI is InChI=1S/C51H79NO18/c1-6-23-66-50(64)52-45-47(62)34(5)68-49(48(45)63)69-38-20-18-16-14-12-10-8-7-9-11-13-15-17-19-31(2)46(61)32(3)33(4)67-44(60)26-36(55)24-35(54)21-22-40(57)41(58)25-37(56)28-51(65)29-42(59)39(30-53)43(27-38)70-51/h6-20,31-43,45-49,53-59,61-63,65H,1,21-30H2,2-5H3,(H,52,64)/b8-7+,11-9+,12-10+,15-13+,16-14+,19-17+,20-18+. The summed E-state index contributed by atoms with van der Waals surface area (Å²) in [5, 5.41) is 122. The van der Waals surface area contributed by atoms with Gasteiger partial charge in [0.2, 0.25) is 0 Å². The van der Waals surface area contributed by atoms with Gasteiger partial charge in [-0.25, -0.2) is 4.79 Å². The molecule has 12 N–H and O–H groups in total. The van der Waals surface area contributed by atoms with Gasteiger partial charge in [0.05, 0.1) is 80.1 Å². The first-order chi connectivity index (χ1) is 33.2. The molecule has 2 bridgehead atoms. The van der Waals surface area contributed by atoms with E-state index in [1.54, 1.807) is 68.5 Å². The van der Waals surface area contributed by atoms with E-state index in [1.165, 1.54) is 13.0 Å². The lowest BCUT2D eigenvalue weighted by Crippen LogP contribution is -2.64. The maximum atomic E-state index is 12.7. The predicted octanol–water partition coefficient (Wildman–Crippen LogP) is 1.57. The number of allylic oxidation sites excluding steroid dienone is 12. The SMILES string of the molecule is C=CCOC(=O)NC1C(O)C(C)OC(OC2/C=C/C=C/C=C/C=C/C=C/C=C/C=C/C(C)C(O)C(C)C(C)OC(=O)CC(O)CC(O)CCC(O)C(O)CC(O)CC3(O)CC(O)C(CO)C(C2)O3)C1O. The molecule has 2 fully saturated rings. The van der Waals surface area contributed by atoms with Crippen LogP contribution in [0.2, 0.25) is 0 Å². The van der Waals surface area contributed by atoms with Gasteiger partial charge >= 0.3 is 12.1 Å². The van der Waals surface area contributed by atoms with Crippen LogP contribution in [0, 0.1) is 17.8 Å². The molecule has 3 aliphatic heterocycles. The van der Waals surface area contributed by atoms with Gasteiger partial charge in [-0.1, -0.05) is 112 Å². The molecule has 396 valence electrons. The average Bonchev–Trinajstić information content (AvgIpc) is 3.29. The molecule has 0 saturated carbocycles. The van der Waals surface area contributed by atoms with Crippen molar-refractivity contribution in [3.63, 3.8) is 0 Å². The summed E-state index contributed by atoms with van der Waals surface area (Å²) < 4.78 is 28.6. The minimum atomic E-state index is -2.22. The first-order valence-electron chi connectivity index (χ1n) is 24.0. The van der Waals surface area contributed by atoms with Crippen molar-refractivity contribution in [3.05, 3.63) is 97.7 Å². The summed E-state index contributed by atoms with van der Waals surface area (Å²) >= 11 is 0. The van der Waals surface area contributed by atoms with Crippen LogP contribution in [0.4, 0.5) is 4.79 Å². The quantitative estimate of drug-likeness (QED) is 0.133. The van der Waals surface area contributed by atoms with Crippen LogP contribution in [-0.4, -0.2) is 179 Å². The van der Waals surface area contributed by atoms with Gasteiger partial charge in [0.1, 0.15) is 24.9 Å². The van der Waals surface area contributed by atoms with Crippen LogP contribution in [0.5, 0.6) is 0 Å². The summed E-state index contributed by atoms with van der Waals surface area (Å²) in [5.41, 5.74) is 0. The summed E-state index contributed by atoms with van der Waals surface area (Å²) in [6, 6.07) is -1.30. The molecule has 3 heterocycles. The number of esters is 1. The number of carbonyl (C=O) groups excluding carboxylic acids is 2. The zero-order chi connectivity index (χ0) is 52.0. The van der Waals surface area contributed by atoms with Crippen LogP contribution < -0.4 is 5.32 Å². The van der Waals surface area contributed by atoms with E-state index in [2.05, 4.69) is 11.9 Å². The molecule has 3 rings (SSSR count). The Hall–Kier alpha value is -3.90. The number of aliphatic hydroxyl groups is 11. The van der Waals surface area contributed by atoms with Gasteiger partial charge in [-0.2, -0.15) is 0 Å². The number of nitrogens with one attached hydrogen (secondary N) is 1. The molecule has 0 radical (unpaired) electrons. The summed E-state index contributed by atoms with van der Waals surface area (Å²) in [7, 11) is 0. The number of rotatable bonds is 6. The van der Waals surface area contributed by atoms with Crippen molar-refractivity contribution < 1.29 is 89.4 Å². The Kier molecular flexibility index (Phi) is 26.6. The Labute approximate surface area is 411 Å². The minimum absolute atomic E-state index is 0.0938. The number of fused-ring (bicyclic) bond motifs is 2. The predicted molar refractivity (Wildman–Crippen MR) is 257 cm³/mol. The third-order valence-electron chi connectivity index (χ3n) is 12.7. The number of alkyl carbamates (subject to hydrolysis) is 1. The van der Waals surface area contributed by atoms with Crippen LogP contribution in [-0.2, 0) is 28.5 Å². The van der Waals surface area contributed by atoms with Gasteiger partial charge < -0.3 is 85.2 Å². The van der Waals surface area contributed by atoms with E-state index in [-0.39, 0.29) is 38.2 Å². The zero-order valence-corrected chi connectivity index (χ0v) is 40.6. The summed E-state index contributed by atoms with van der Waals surface area (Å²) in [6.07, 6.45) is 4.89. The van der Waals surface area contributed by atoms with Crippen molar-refractivity contribution in [1.29, 1.82) is 0 Å². The van der Waals surface area contributed by atoms with Gasteiger partial charge in [0.25, 0.3) is 0 Å². The summed E-state index contributed by atoms with van der Waals surface area (Å²) in [4.78, 5) is 25.1. The number of carbonyl (C=O) groups is 2. The van der Waals surface area contributed by atoms with E-state index in [1.807, 2.05) is 37.3 Å². The molecule has 70 heavy (non-hydrogen) atoms. The number of hydrogen-bond donors (Lipinski definition) is 12. The van der Waals surface area contributed by atoms with E-state index in [4.69, 9.17) is 23.7 Å². The Morgan fingerprint density at radius 1 is 0.729 bits per heavy atom. The largest absolute Gasteiger partial charge is 0.462 e. The lowest BCUT2D eigenvalue weighted by Gasteiger charge is -2.46. The Balaban J connectivity index is 1.88. The number of ether oxygens (including phenoxy) is 5. The maximum Gasteiger partial charge on any atom is 0.407 e. The second kappa shape index (κ2) is 30.9. The smallest absolute Gasteiger partial charge is 0.407 e. The van der Waals surface area contributed by atoms with Gasteiger partial charge in [-0.15, -0.1) is 0 Å². The van der Waals surface area contributed by atoms with E-state index in [9.17, 15) is 65.8 Å². The molecular weight excluding hydrogens is 915 g/mol. The van der Waals surface area contributed by atoms with Gasteiger partial charge in [-0.05, 0) is 33.1 Å². The van der Waals surface area contributed by atoms with Crippen LogP contribution in [0.1, 0.15) is 79.1 Å². The van der Waals surface area contributed by atoms with Crippen molar-refractivity contribution in [1.82, 2.24) is 5.32 Å². The number of amides is 1. The average molecular weight is 994 g/mol. The third kappa shape index (κ3) is 20.7. The molecule has 19 unspecified atom stereocenters. The zero-order valence-electron chi connectivity index (χ0n) is 40.6. The molecule has 0 aromatic heterocycles. The monoisotopic (exact) mass is 994 g/mol. The molecule has 19 heteroatoms. The molecule has 0 aromatic rings. The van der Waals surface area contributed by atoms with Crippen molar-refractivity contribution >= 4 is 12.1 Å². The summed E-state index contributed by atoms with van der Waals surface area (Å²) in [5.74, 6) is -4.66. The highest BCUT2D eigenvalue weighted by Gasteiger charge is 2.49. The van der Waals surface area contributed by atoms with Crippen molar-refractivity contribution in [3.8, 4) is 0 Å². The maximum absolute atomic E-state index is 12.7. The number of aliphatic hydroxyl groups excluding tert-OH is 10. The fraction of sp³-hybridized carbons (Fsp3) is 0.647. The van der Waals surface area contributed by atoms with Gasteiger partial charge in [-0.3, -0.25) is 4.79 Å².